The Bertz CT molecular complexity index is 930. The second-order valence-electron chi connectivity index (χ2n) is 6.62. The van der Waals surface area contributed by atoms with E-state index in [0.29, 0.717) is 24.2 Å². The minimum absolute atomic E-state index is 0.0832. The van der Waals surface area contributed by atoms with E-state index in [1.165, 1.54) is 12.1 Å². The van der Waals surface area contributed by atoms with Gasteiger partial charge in [-0.15, -0.1) is 0 Å². The largest absolute Gasteiger partial charge is 0.289 e. The molecule has 0 saturated heterocycles. The Balaban J connectivity index is 1.71. The van der Waals surface area contributed by atoms with Crippen molar-refractivity contribution in [3.8, 4) is 0 Å². The molecule has 3 N–H and O–H groups in total. The normalized spacial score (nSPS) is 20.2. The van der Waals surface area contributed by atoms with Gasteiger partial charge in [-0.25, -0.2) is 18.6 Å². The van der Waals surface area contributed by atoms with Crippen molar-refractivity contribution in [2.75, 3.05) is 0 Å². The van der Waals surface area contributed by atoms with Gasteiger partial charge in [0.15, 0.2) is 0 Å². The minimum atomic E-state index is -3.80. The van der Waals surface area contributed by atoms with Crippen LogP contribution in [0.5, 0.6) is 0 Å². The molecule has 2 aromatic carbocycles. The van der Waals surface area contributed by atoms with E-state index in [2.05, 4.69) is 15.0 Å². The molecule has 1 fully saturated rings. The lowest BCUT2D eigenvalue weighted by Crippen LogP contribution is -2.47. The van der Waals surface area contributed by atoms with Gasteiger partial charge in [-0.1, -0.05) is 31.0 Å². The fraction of sp³-hybridized carbons (Fsp3) is 0.316. The molecular formula is C19H22N4O4S. The van der Waals surface area contributed by atoms with Gasteiger partial charge in [0.2, 0.25) is 15.9 Å². The molecule has 1 aliphatic rings. The monoisotopic (exact) mass is 402 g/mol. The van der Waals surface area contributed by atoms with Crippen LogP contribution in [0.25, 0.3) is 0 Å². The highest BCUT2D eigenvalue weighted by atomic mass is 32.2. The van der Waals surface area contributed by atoms with E-state index < -0.39 is 27.9 Å². The van der Waals surface area contributed by atoms with Gasteiger partial charge in [0.25, 0.3) is 0 Å². The van der Waals surface area contributed by atoms with Crippen molar-refractivity contribution >= 4 is 27.3 Å². The third-order valence-corrected chi connectivity index (χ3v) is 6.21. The number of amides is 1. The van der Waals surface area contributed by atoms with Crippen LogP contribution in [0.3, 0.4) is 0 Å². The zero-order chi connectivity index (χ0) is 20.0. The molecule has 1 amide bonds. The SMILES string of the molecule is O=C(NO)C1CCCCC1NS(=O)(=O)c1ccc(N=Nc2ccccc2)cc1. The van der Waals surface area contributed by atoms with Crippen LogP contribution in [0.15, 0.2) is 69.7 Å². The smallest absolute Gasteiger partial charge is 0.248 e. The first-order chi connectivity index (χ1) is 13.5. The molecule has 9 heteroatoms. The van der Waals surface area contributed by atoms with Gasteiger partial charge in [-0.2, -0.15) is 10.2 Å². The molecule has 2 unspecified atom stereocenters. The topological polar surface area (TPSA) is 120 Å². The van der Waals surface area contributed by atoms with Gasteiger partial charge in [-0.05, 0) is 49.2 Å². The highest BCUT2D eigenvalue weighted by Crippen LogP contribution is 2.27. The lowest BCUT2D eigenvalue weighted by atomic mass is 9.85. The molecule has 8 nitrogen and oxygen atoms in total. The molecule has 0 spiro atoms. The molecule has 148 valence electrons. The molecule has 1 saturated carbocycles. The van der Waals surface area contributed by atoms with Crippen molar-refractivity contribution in [2.45, 2.75) is 36.6 Å². The second-order valence-corrected chi connectivity index (χ2v) is 8.34. The molecule has 2 atom stereocenters. The van der Waals surface area contributed by atoms with Crippen LogP contribution in [-0.4, -0.2) is 25.6 Å². The third kappa shape index (κ3) is 5.00. The summed E-state index contributed by atoms with van der Waals surface area (Å²) in [6, 6.07) is 14.7. The Labute approximate surface area is 163 Å². The van der Waals surface area contributed by atoms with E-state index >= 15 is 0 Å². The van der Waals surface area contributed by atoms with Gasteiger partial charge in [-0.3, -0.25) is 10.0 Å². The number of hydrogen-bond donors (Lipinski definition) is 3. The lowest BCUT2D eigenvalue weighted by Gasteiger charge is -2.30. The minimum Gasteiger partial charge on any atom is -0.289 e. The molecular weight excluding hydrogens is 380 g/mol. The van der Waals surface area contributed by atoms with Crippen molar-refractivity contribution in [3.05, 3.63) is 54.6 Å². The first kappa shape index (κ1) is 20.1. The van der Waals surface area contributed by atoms with Crippen molar-refractivity contribution in [3.63, 3.8) is 0 Å². The van der Waals surface area contributed by atoms with Gasteiger partial charge >= 0.3 is 0 Å². The van der Waals surface area contributed by atoms with Gasteiger partial charge < -0.3 is 0 Å². The molecule has 0 bridgehead atoms. The number of rotatable bonds is 6. The lowest BCUT2D eigenvalue weighted by molar-refractivity contribution is -0.135. The maximum Gasteiger partial charge on any atom is 0.248 e. The van der Waals surface area contributed by atoms with Crippen molar-refractivity contribution in [1.82, 2.24) is 10.2 Å². The summed E-state index contributed by atoms with van der Waals surface area (Å²) < 4.78 is 28.0. The summed E-state index contributed by atoms with van der Waals surface area (Å²) in [4.78, 5) is 11.9. The predicted octanol–water partition coefficient (Wildman–Crippen LogP) is 3.44. The average Bonchev–Trinajstić information content (AvgIpc) is 2.73. The Morgan fingerprint density at radius 1 is 0.929 bits per heavy atom. The van der Waals surface area contributed by atoms with Crippen LogP contribution in [0, 0.1) is 5.92 Å². The van der Waals surface area contributed by atoms with E-state index in [1.54, 1.807) is 17.6 Å². The van der Waals surface area contributed by atoms with Crippen molar-refractivity contribution in [1.29, 1.82) is 0 Å². The Morgan fingerprint density at radius 2 is 1.54 bits per heavy atom. The van der Waals surface area contributed by atoms with E-state index in [4.69, 9.17) is 5.21 Å². The van der Waals surface area contributed by atoms with E-state index in [1.807, 2.05) is 30.3 Å². The van der Waals surface area contributed by atoms with Gasteiger partial charge in [0, 0.05) is 6.04 Å². The van der Waals surface area contributed by atoms with Gasteiger partial charge in [0.05, 0.1) is 22.2 Å². The summed E-state index contributed by atoms with van der Waals surface area (Å²) >= 11 is 0. The van der Waals surface area contributed by atoms with Crippen LogP contribution in [0.2, 0.25) is 0 Å². The molecule has 2 aromatic rings. The average molecular weight is 402 g/mol. The number of hydroxylamine groups is 1. The number of nitrogens with one attached hydrogen (secondary N) is 2. The summed E-state index contributed by atoms with van der Waals surface area (Å²) in [7, 11) is -3.80. The number of carbonyl (C=O) groups excluding carboxylic acids is 1. The number of sulfonamides is 1. The zero-order valence-electron chi connectivity index (χ0n) is 15.2. The first-order valence-corrected chi connectivity index (χ1v) is 10.5. The second kappa shape index (κ2) is 9.05. The van der Waals surface area contributed by atoms with E-state index in [0.717, 1.165) is 12.8 Å². The van der Waals surface area contributed by atoms with Crippen LogP contribution in [0.4, 0.5) is 11.4 Å². The fourth-order valence-corrected chi connectivity index (χ4v) is 4.55. The van der Waals surface area contributed by atoms with Crippen LogP contribution in [-0.2, 0) is 14.8 Å². The van der Waals surface area contributed by atoms with Crippen molar-refractivity contribution in [2.24, 2.45) is 16.1 Å². The summed E-state index contributed by atoms with van der Waals surface area (Å²) in [5.41, 5.74) is 2.85. The van der Waals surface area contributed by atoms with Gasteiger partial charge in [0.1, 0.15) is 0 Å². The zero-order valence-corrected chi connectivity index (χ0v) is 16.0. The van der Waals surface area contributed by atoms with E-state index in [9.17, 15) is 13.2 Å². The number of azo groups is 1. The fourth-order valence-electron chi connectivity index (χ4n) is 3.24. The maximum absolute atomic E-state index is 12.7. The molecule has 28 heavy (non-hydrogen) atoms. The summed E-state index contributed by atoms with van der Waals surface area (Å²) in [5, 5.41) is 17.1. The third-order valence-electron chi connectivity index (χ3n) is 4.70. The standard InChI is InChI=1S/C19H22N4O4S/c24-19(22-25)17-8-4-5-9-18(17)23-28(26,27)16-12-10-15(11-13-16)21-20-14-6-2-1-3-7-14/h1-3,6-7,10-13,17-18,23,25H,4-5,8-9H2,(H,22,24). The first-order valence-electron chi connectivity index (χ1n) is 9.03. The summed E-state index contributed by atoms with van der Waals surface area (Å²) in [6.45, 7) is 0. The van der Waals surface area contributed by atoms with Crippen LogP contribution >= 0.6 is 0 Å². The predicted molar refractivity (Wildman–Crippen MR) is 103 cm³/mol. The van der Waals surface area contributed by atoms with Crippen LogP contribution in [0.1, 0.15) is 25.7 Å². The number of benzene rings is 2. The molecule has 0 heterocycles. The highest BCUT2D eigenvalue weighted by molar-refractivity contribution is 7.89. The molecule has 0 aromatic heterocycles. The molecule has 3 rings (SSSR count). The Kier molecular flexibility index (Phi) is 6.50. The molecule has 1 aliphatic carbocycles. The molecule has 0 radical (unpaired) electrons. The highest BCUT2D eigenvalue weighted by Gasteiger charge is 2.34. The number of hydrogen-bond acceptors (Lipinski definition) is 6. The van der Waals surface area contributed by atoms with Crippen molar-refractivity contribution < 1.29 is 18.4 Å². The van der Waals surface area contributed by atoms with E-state index in [-0.39, 0.29) is 4.90 Å². The maximum atomic E-state index is 12.7. The number of nitrogens with zero attached hydrogens (tertiary/aromatic N) is 2. The quantitative estimate of drug-likeness (QED) is 0.389. The summed E-state index contributed by atoms with van der Waals surface area (Å²) in [5.74, 6) is -1.16. The van der Waals surface area contributed by atoms with Crippen LogP contribution < -0.4 is 10.2 Å². The Morgan fingerprint density at radius 3 is 2.18 bits per heavy atom. The summed E-state index contributed by atoms with van der Waals surface area (Å²) in [6.07, 6.45) is 2.71. The Hall–Kier alpha value is -2.62. The number of carbonyl (C=O) groups is 1. The molecule has 0 aliphatic heterocycles.